The molecule has 5 nitrogen and oxygen atoms in total. The van der Waals surface area contributed by atoms with Crippen LogP contribution in [0.25, 0.3) is 0 Å². The smallest absolute Gasteiger partial charge is 0.230 e. The maximum atomic E-state index is 11.5. The van der Waals surface area contributed by atoms with E-state index < -0.39 is 0 Å². The molecule has 2 fully saturated rings. The summed E-state index contributed by atoms with van der Waals surface area (Å²) >= 11 is 0. The van der Waals surface area contributed by atoms with Crippen molar-refractivity contribution >= 4 is 11.8 Å². The van der Waals surface area contributed by atoms with Crippen molar-refractivity contribution < 1.29 is 14.3 Å². The lowest BCUT2D eigenvalue weighted by Gasteiger charge is -2.36. The summed E-state index contributed by atoms with van der Waals surface area (Å²) in [7, 11) is 0. The molecule has 5 heteroatoms. The lowest BCUT2D eigenvalue weighted by molar-refractivity contribution is -0.144. The summed E-state index contributed by atoms with van der Waals surface area (Å²) in [6.07, 6.45) is 1.07. The average molecular weight is 226 g/mol. The Morgan fingerprint density at radius 1 is 1.12 bits per heavy atom. The maximum absolute atomic E-state index is 11.5. The number of morpholine rings is 1. The number of hydrogen-bond donors (Lipinski definition) is 0. The van der Waals surface area contributed by atoms with Gasteiger partial charge < -0.3 is 4.74 Å². The van der Waals surface area contributed by atoms with Crippen LogP contribution in [0.2, 0.25) is 0 Å². The zero-order valence-corrected chi connectivity index (χ0v) is 9.81. The van der Waals surface area contributed by atoms with Crippen molar-refractivity contribution in [3.63, 3.8) is 0 Å². The number of carbonyl (C=O) groups excluding carboxylic acids is 2. The van der Waals surface area contributed by atoms with Crippen molar-refractivity contribution in [1.29, 1.82) is 0 Å². The molecular weight excluding hydrogens is 208 g/mol. The molecule has 0 spiro atoms. The number of hydrogen-bond acceptors (Lipinski definition) is 4. The molecule has 0 aromatic heterocycles. The molecule has 2 atom stereocenters. The van der Waals surface area contributed by atoms with E-state index in [2.05, 4.69) is 4.90 Å². The van der Waals surface area contributed by atoms with E-state index in [0.717, 1.165) is 13.1 Å². The minimum Gasteiger partial charge on any atom is -0.373 e. The average Bonchev–Trinajstić information content (AvgIpc) is 2.48. The van der Waals surface area contributed by atoms with Crippen molar-refractivity contribution in [3.8, 4) is 0 Å². The van der Waals surface area contributed by atoms with E-state index in [1.54, 1.807) is 0 Å². The standard InChI is InChI=1S/C11H18N2O3/c1-8-5-12(6-9(2)16-8)7-13-10(14)3-4-11(13)15/h8-9H,3-7H2,1-2H3/t8-,9-/m0/s1. The van der Waals surface area contributed by atoms with Gasteiger partial charge >= 0.3 is 0 Å². The molecule has 0 aromatic rings. The fourth-order valence-corrected chi connectivity index (χ4v) is 2.38. The molecule has 0 N–H and O–H groups in total. The second kappa shape index (κ2) is 4.51. The molecule has 2 aliphatic heterocycles. The normalized spacial score (nSPS) is 32.5. The number of rotatable bonds is 2. The highest BCUT2D eigenvalue weighted by Crippen LogP contribution is 2.15. The maximum Gasteiger partial charge on any atom is 0.230 e. The molecule has 2 heterocycles. The van der Waals surface area contributed by atoms with E-state index >= 15 is 0 Å². The Kier molecular flexibility index (Phi) is 3.25. The van der Waals surface area contributed by atoms with Gasteiger partial charge in [0.25, 0.3) is 0 Å². The third-order valence-electron chi connectivity index (χ3n) is 2.99. The number of carbonyl (C=O) groups is 2. The van der Waals surface area contributed by atoms with Gasteiger partial charge in [-0.3, -0.25) is 19.4 Å². The Hall–Kier alpha value is -0.940. The summed E-state index contributed by atoms with van der Waals surface area (Å²) in [5.74, 6) is -0.0893. The Morgan fingerprint density at radius 2 is 1.62 bits per heavy atom. The number of imide groups is 1. The Balaban J connectivity index is 1.93. The van der Waals surface area contributed by atoms with Crippen molar-refractivity contribution in [2.24, 2.45) is 0 Å². The molecule has 0 saturated carbocycles. The minimum absolute atomic E-state index is 0.0446. The minimum atomic E-state index is -0.0446. The fourth-order valence-electron chi connectivity index (χ4n) is 2.38. The van der Waals surface area contributed by atoms with Crippen LogP contribution in [0.1, 0.15) is 26.7 Å². The highest BCUT2D eigenvalue weighted by Gasteiger charge is 2.32. The van der Waals surface area contributed by atoms with E-state index in [1.807, 2.05) is 13.8 Å². The van der Waals surface area contributed by atoms with E-state index in [-0.39, 0.29) is 24.0 Å². The van der Waals surface area contributed by atoms with Crippen LogP contribution in [-0.4, -0.2) is 53.6 Å². The Bertz CT molecular complexity index is 280. The predicted molar refractivity (Wildman–Crippen MR) is 57.5 cm³/mol. The van der Waals surface area contributed by atoms with Crippen LogP contribution in [-0.2, 0) is 14.3 Å². The lowest BCUT2D eigenvalue weighted by atomic mass is 10.2. The van der Waals surface area contributed by atoms with Gasteiger partial charge in [0.05, 0.1) is 18.9 Å². The SMILES string of the molecule is C[C@H]1CN(CN2C(=O)CCC2=O)C[C@H](C)O1. The summed E-state index contributed by atoms with van der Waals surface area (Å²) < 4.78 is 5.60. The Morgan fingerprint density at radius 3 is 2.12 bits per heavy atom. The first-order valence-electron chi connectivity index (χ1n) is 5.77. The molecule has 16 heavy (non-hydrogen) atoms. The van der Waals surface area contributed by atoms with Crippen LogP contribution in [0.4, 0.5) is 0 Å². The van der Waals surface area contributed by atoms with Crippen LogP contribution in [0.5, 0.6) is 0 Å². The summed E-state index contributed by atoms with van der Waals surface area (Å²) in [6, 6.07) is 0. The molecule has 2 aliphatic rings. The highest BCUT2D eigenvalue weighted by atomic mass is 16.5. The van der Waals surface area contributed by atoms with Crippen LogP contribution in [0.15, 0.2) is 0 Å². The summed E-state index contributed by atoms with van der Waals surface area (Å²) in [6.45, 7) is 6.01. The fraction of sp³-hybridized carbons (Fsp3) is 0.818. The van der Waals surface area contributed by atoms with Gasteiger partial charge in [0, 0.05) is 25.9 Å². The second-order valence-corrected chi connectivity index (χ2v) is 4.65. The molecule has 0 aromatic carbocycles. The molecule has 0 bridgehead atoms. The third kappa shape index (κ3) is 2.41. The quantitative estimate of drug-likeness (QED) is 0.631. The first kappa shape index (κ1) is 11.5. The molecule has 90 valence electrons. The number of nitrogens with zero attached hydrogens (tertiary/aromatic N) is 2. The van der Waals surface area contributed by atoms with Gasteiger partial charge in [-0.25, -0.2) is 0 Å². The van der Waals surface area contributed by atoms with E-state index in [0.29, 0.717) is 19.5 Å². The monoisotopic (exact) mass is 226 g/mol. The molecule has 0 unspecified atom stereocenters. The van der Waals surface area contributed by atoms with E-state index in [9.17, 15) is 9.59 Å². The zero-order valence-electron chi connectivity index (χ0n) is 9.81. The molecule has 0 aliphatic carbocycles. The molecule has 0 radical (unpaired) electrons. The van der Waals surface area contributed by atoms with Gasteiger partial charge in [-0.15, -0.1) is 0 Å². The molecule has 2 amide bonds. The van der Waals surface area contributed by atoms with Gasteiger partial charge in [-0.1, -0.05) is 0 Å². The number of ether oxygens (including phenoxy) is 1. The highest BCUT2D eigenvalue weighted by molar-refractivity contribution is 6.01. The van der Waals surface area contributed by atoms with Gasteiger partial charge in [0.1, 0.15) is 0 Å². The van der Waals surface area contributed by atoms with Crippen molar-refractivity contribution in [1.82, 2.24) is 9.80 Å². The summed E-state index contributed by atoms with van der Waals surface area (Å²) in [5, 5.41) is 0. The molecule has 2 rings (SSSR count). The molecule has 2 saturated heterocycles. The first-order valence-corrected chi connectivity index (χ1v) is 5.77. The van der Waals surface area contributed by atoms with Crippen LogP contribution in [0.3, 0.4) is 0 Å². The van der Waals surface area contributed by atoms with Gasteiger partial charge in [0.15, 0.2) is 0 Å². The van der Waals surface area contributed by atoms with E-state index in [1.165, 1.54) is 4.90 Å². The van der Waals surface area contributed by atoms with Gasteiger partial charge in [-0.2, -0.15) is 0 Å². The Labute approximate surface area is 95.3 Å². The largest absolute Gasteiger partial charge is 0.373 e. The first-order chi connectivity index (χ1) is 7.56. The van der Waals surface area contributed by atoms with Crippen molar-refractivity contribution in [2.75, 3.05) is 19.8 Å². The lowest BCUT2D eigenvalue weighted by Crippen LogP contribution is -2.50. The van der Waals surface area contributed by atoms with Gasteiger partial charge in [-0.05, 0) is 13.8 Å². The van der Waals surface area contributed by atoms with Crippen molar-refractivity contribution in [3.05, 3.63) is 0 Å². The topological polar surface area (TPSA) is 49.9 Å². The van der Waals surface area contributed by atoms with Crippen LogP contribution < -0.4 is 0 Å². The van der Waals surface area contributed by atoms with Gasteiger partial charge in [0.2, 0.25) is 11.8 Å². The van der Waals surface area contributed by atoms with Crippen LogP contribution >= 0.6 is 0 Å². The predicted octanol–water partition coefficient (Wildman–Crippen LogP) is 0.202. The zero-order chi connectivity index (χ0) is 11.7. The van der Waals surface area contributed by atoms with Crippen LogP contribution in [0, 0.1) is 0 Å². The number of amides is 2. The second-order valence-electron chi connectivity index (χ2n) is 4.65. The van der Waals surface area contributed by atoms with E-state index in [4.69, 9.17) is 4.74 Å². The summed E-state index contributed by atoms with van der Waals surface area (Å²) in [4.78, 5) is 26.4. The molecular formula is C11H18N2O3. The number of likely N-dealkylation sites (tertiary alicyclic amines) is 1. The van der Waals surface area contributed by atoms with Crippen molar-refractivity contribution in [2.45, 2.75) is 38.9 Å². The summed E-state index contributed by atoms with van der Waals surface area (Å²) in [5.41, 5.74) is 0. The third-order valence-corrected chi connectivity index (χ3v) is 2.99.